The third-order valence-corrected chi connectivity index (χ3v) is 10.2. The number of amides is 1. The molecule has 1 aliphatic rings. The van der Waals surface area contributed by atoms with Crippen molar-refractivity contribution in [2.45, 2.75) is 42.2 Å². The Kier molecular flexibility index (Phi) is 10.6. The van der Waals surface area contributed by atoms with E-state index in [2.05, 4.69) is 15.6 Å². The summed E-state index contributed by atoms with van der Waals surface area (Å²) in [7, 11) is -3.70. The fraction of sp³-hybridized carbons (Fsp3) is 0.273. The molecule has 45 heavy (non-hydrogen) atoms. The Morgan fingerprint density at radius 1 is 1.04 bits per heavy atom. The van der Waals surface area contributed by atoms with Crippen molar-refractivity contribution >= 4 is 33.2 Å². The number of aromatic nitrogens is 1. The third kappa shape index (κ3) is 7.74. The second kappa shape index (κ2) is 14.6. The number of pyridine rings is 1. The van der Waals surface area contributed by atoms with Crippen molar-refractivity contribution in [2.75, 3.05) is 25.0 Å². The minimum Gasteiger partial charge on any atom is -0.323 e. The van der Waals surface area contributed by atoms with E-state index in [0.29, 0.717) is 48.6 Å². The molecule has 0 aliphatic carbocycles. The predicted molar refractivity (Wildman–Crippen MR) is 170 cm³/mol. The van der Waals surface area contributed by atoms with Gasteiger partial charge in [-0.2, -0.15) is 4.31 Å². The Bertz CT molecular complexity index is 1730. The number of rotatable bonds is 11. The van der Waals surface area contributed by atoms with E-state index in [0.717, 1.165) is 6.20 Å². The molecular weight excluding hydrogens is 620 g/mol. The van der Waals surface area contributed by atoms with Gasteiger partial charge in [0.1, 0.15) is 11.6 Å². The van der Waals surface area contributed by atoms with Gasteiger partial charge >= 0.3 is 0 Å². The summed E-state index contributed by atoms with van der Waals surface area (Å²) < 4.78 is 57.5. The van der Waals surface area contributed by atoms with Crippen LogP contribution in [0, 0.1) is 11.6 Å². The number of hydrogen-bond acceptors (Lipinski definition) is 6. The van der Waals surface area contributed by atoms with E-state index in [9.17, 15) is 17.6 Å². The summed E-state index contributed by atoms with van der Waals surface area (Å²) in [6, 6.07) is 19.4. The standard InChI is InChI=1S/C33H34ClF2N5O3S/c34-24-14-12-22(13-15-24)31(23-6-4-7-25(35)18-23)32(37)33(42)40-30-21-39-20-29(36)28(30)11-5-8-26-19-38-16-17-41(26)45(43,44)27-9-2-1-3-10-27/h1-4,6-7,9-10,12-15,18,20-21,26,31-32,38H,5,8,11,16-17,19,37H2,(H,40,42)/t26-,31-,32-/m0/s1. The number of nitrogens with two attached hydrogens (primary N) is 1. The number of carbonyl (C=O) groups is 1. The molecule has 8 nitrogen and oxygen atoms in total. The first kappa shape index (κ1) is 32.6. The first-order valence-electron chi connectivity index (χ1n) is 14.6. The van der Waals surface area contributed by atoms with Crippen molar-refractivity contribution in [3.05, 3.63) is 125 Å². The molecule has 0 saturated carbocycles. The summed E-state index contributed by atoms with van der Waals surface area (Å²) in [6.07, 6.45) is 3.56. The van der Waals surface area contributed by atoms with Crippen LogP contribution in [-0.4, -0.2) is 55.3 Å². The maximum absolute atomic E-state index is 15.1. The molecule has 1 aromatic heterocycles. The van der Waals surface area contributed by atoms with E-state index in [4.69, 9.17) is 17.3 Å². The topological polar surface area (TPSA) is 117 Å². The first-order chi connectivity index (χ1) is 21.6. The molecule has 0 bridgehead atoms. The van der Waals surface area contributed by atoms with Crippen molar-refractivity contribution in [3.63, 3.8) is 0 Å². The number of sulfonamides is 1. The number of nitrogens with one attached hydrogen (secondary N) is 2. The molecule has 1 saturated heterocycles. The molecule has 236 valence electrons. The Labute approximate surface area is 266 Å². The molecule has 2 heterocycles. The van der Waals surface area contributed by atoms with E-state index in [-0.39, 0.29) is 28.6 Å². The fourth-order valence-electron chi connectivity index (χ4n) is 5.72. The van der Waals surface area contributed by atoms with Crippen LogP contribution in [0.3, 0.4) is 0 Å². The van der Waals surface area contributed by atoms with Gasteiger partial charge in [-0.15, -0.1) is 0 Å². The summed E-state index contributed by atoms with van der Waals surface area (Å²) in [5.41, 5.74) is 8.05. The number of nitrogens with zero attached hydrogens (tertiary/aromatic N) is 2. The number of hydrogen-bond donors (Lipinski definition) is 3. The Morgan fingerprint density at radius 3 is 2.53 bits per heavy atom. The molecule has 1 aliphatic heterocycles. The van der Waals surface area contributed by atoms with Gasteiger partial charge in [-0.25, -0.2) is 17.2 Å². The molecule has 4 aromatic rings. The van der Waals surface area contributed by atoms with Crippen LogP contribution in [0.2, 0.25) is 5.02 Å². The van der Waals surface area contributed by atoms with Crippen molar-refractivity contribution in [1.29, 1.82) is 0 Å². The van der Waals surface area contributed by atoms with Crippen LogP contribution >= 0.6 is 11.6 Å². The average Bonchev–Trinajstić information content (AvgIpc) is 3.04. The maximum atomic E-state index is 15.1. The highest BCUT2D eigenvalue weighted by Gasteiger charge is 2.33. The van der Waals surface area contributed by atoms with Crippen LogP contribution in [0.1, 0.15) is 35.4 Å². The lowest BCUT2D eigenvalue weighted by atomic mass is 9.85. The van der Waals surface area contributed by atoms with Crippen LogP contribution in [0.5, 0.6) is 0 Å². The molecule has 1 amide bonds. The molecule has 3 atom stereocenters. The number of halogens is 3. The molecule has 5 rings (SSSR count). The minimum atomic E-state index is -3.70. The smallest absolute Gasteiger partial charge is 0.243 e. The number of benzene rings is 3. The molecule has 12 heteroatoms. The molecule has 1 fully saturated rings. The van der Waals surface area contributed by atoms with Crippen LogP contribution in [0.15, 0.2) is 96.2 Å². The van der Waals surface area contributed by atoms with E-state index in [1.165, 1.54) is 22.6 Å². The van der Waals surface area contributed by atoms with Crippen LogP contribution in [0.4, 0.5) is 14.5 Å². The summed E-state index contributed by atoms with van der Waals surface area (Å²) in [4.78, 5) is 17.7. The van der Waals surface area contributed by atoms with E-state index >= 15 is 4.39 Å². The third-order valence-electron chi connectivity index (χ3n) is 7.97. The van der Waals surface area contributed by atoms with E-state index in [1.807, 2.05) is 0 Å². The summed E-state index contributed by atoms with van der Waals surface area (Å²) >= 11 is 6.07. The zero-order valence-corrected chi connectivity index (χ0v) is 25.9. The highest BCUT2D eigenvalue weighted by Crippen LogP contribution is 2.31. The first-order valence-corrected chi connectivity index (χ1v) is 16.4. The van der Waals surface area contributed by atoms with Gasteiger partial charge in [0.25, 0.3) is 0 Å². The van der Waals surface area contributed by atoms with Gasteiger partial charge in [0.15, 0.2) is 0 Å². The SMILES string of the molecule is N[C@H](C(=O)Nc1cncc(F)c1CCC[C@H]1CNCCN1S(=O)(=O)c1ccccc1)[C@@H](c1ccc(Cl)cc1)c1cccc(F)c1. The van der Waals surface area contributed by atoms with Crippen LogP contribution < -0.4 is 16.4 Å². The second-order valence-corrected chi connectivity index (χ2v) is 13.3. The summed E-state index contributed by atoms with van der Waals surface area (Å²) in [5.74, 6) is -2.40. The van der Waals surface area contributed by atoms with Crippen molar-refractivity contribution < 1.29 is 22.0 Å². The van der Waals surface area contributed by atoms with Gasteiger partial charge in [-0.05, 0) is 66.8 Å². The van der Waals surface area contributed by atoms with Gasteiger partial charge in [0, 0.05) is 42.2 Å². The van der Waals surface area contributed by atoms with Crippen LogP contribution in [0.25, 0.3) is 0 Å². The molecule has 0 spiro atoms. The fourth-order valence-corrected chi connectivity index (χ4v) is 7.52. The van der Waals surface area contributed by atoms with Crippen molar-refractivity contribution in [3.8, 4) is 0 Å². The lowest BCUT2D eigenvalue weighted by Gasteiger charge is -2.35. The maximum Gasteiger partial charge on any atom is 0.243 e. The number of anilines is 1. The highest BCUT2D eigenvalue weighted by atomic mass is 35.5. The second-order valence-electron chi connectivity index (χ2n) is 10.9. The Hall–Kier alpha value is -3.74. The number of carbonyl (C=O) groups excluding carboxylic acids is 1. The van der Waals surface area contributed by atoms with Gasteiger partial charge in [-0.3, -0.25) is 9.78 Å². The highest BCUT2D eigenvalue weighted by molar-refractivity contribution is 7.89. The normalized spacial score (nSPS) is 17.0. The Balaban J connectivity index is 1.31. The zero-order chi connectivity index (χ0) is 32.0. The molecule has 4 N–H and O–H groups in total. The van der Waals surface area contributed by atoms with Gasteiger partial charge in [-0.1, -0.05) is 54.1 Å². The van der Waals surface area contributed by atoms with Crippen LogP contribution in [-0.2, 0) is 21.2 Å². The van der Waals surface area contributed by atoms with E-state index in [1.54, 1.807) is 66.7 Å². The van der Waals surface area contributed by atoms with Gasteiger partial charge in [0.2, 0.25) is 15.9 Å². The van der Waals surface area contributed by atoms with Gasteiger partial charge < -0.3 is 16.4 Å². The number of piperazine rings is 1. The van der Waals surface area contributed by atoms with E-state index < -0.39 is 39.5 Å². The molecule has 0 unspecified atom stereocenters. The lowest BCUT2D eigenvalue weighted by Crippen LogP contribution is -2.53. The molecule has 0 radical (unpaired) electrons. The van der Waals surface area contributed by atoms with Crippen molar-refractivity contribution in [2.24, 2.45) is 5.73 Å². The minimum absolute atomic E-state index is 0.167. The lowest BCUT2D eigenvalue weighted by molar-refractivity contribution is -0.117. The summed E-state index contributed by atoms with van der Waals surface area (Å²) in [6.45, 7) is 1.32. The molecular formula is C33H34ClF2N5O3S. The largest absolute Gasteiger partial charge is 0.323 e. The Morgan fingerprint density at radius 2 is 1.80 bits per heavy atom. The zero-order valence-electron chi connectivity index (χ0n) is 24.4. The summed E-state index contributed by atoms with van der Waals surface area (Å²) in [5, 5.41) is 6.48. The average molecular weight is 654 g/mol. The van der Waals surface area contributed by atoms with Gasteiger partial charge in [0.05, 0.1) is 29.0 Å². The molecule has 3 aromatic carbocycles. The monoisotopic (exact) mass is 653 g/mol. The predicted octanol–water partition coefficient (Wildman–Crippen LogP) is 5.10. The van der Waals surface area contributed by atoms with Crippen molar-refractivity contribution in [1.82, 2.24) is 14.6 Å². The quantitative estimate of drug-likeness (QED) is 0.208.